The van der Waals surface area contributed by atoms with E-state index < -0.39 is 0 Å². The number of hydrogen-bond acceptors (Lipinski definition) is 6. The molecule has 0 spiro atoms. The minimum atomic E-state index is -0.348. The molecular formula is C23H22N6O2S. The third-order valence-corrected chi connectivity index (χ3v) is 4.81. The van der Waals surface area contributed by atoms with E-state index in [1.54, 1.807) is 16.9 Å². The first kappa shape index (κ1) is 21.3. The molecule has 1 aromatic heterocycles. The lowest BCUT2D eigenvalue weighted by atomic mass is 10.3. The van der Waals surface area contributed by atoms with Crippen LogP contribution in [0.4, 0.5) is 11.4 Å². The molecule has 0 atom stereocenters. The Kier molecular flexibility index (Phi) is 6.27. The van der Waals surface area contributed by atoms with Crippen LogP contribution < -0.4 is 20.3 Å². The van der Waals surface area contributed by atoms with Crippen LogP contribution in [-0.4, -0.2) is 46.7 Å². The predicted molar refractivity (Wildman–Crippen MR) is 129 cm³/mol. The quantitative estimate of drug-likeness (QED) is 0.439. The standard InChI is InChI=1S/C23H22N6O2S/c1-28(2)17-9-11-18(12-10-17)29-26-20-13-8-16(14-21(20)27-29)24-23(32)25-22(30)15-31-19-6-4-3-5-7-19/h3-14H,15H2,1-2H3,(H2,24,25,30,32). The first-order valence-corrected chi connectivity index (χ1v) is 10.3. The summed E-state index contributed by atoms with van der Waals surface area (Å²) < 4.78 is 5.42. The molecule has 4 rings (SSSR count). The van der Waals surface area contributed by atoms with Gasteiger partial charge >= 0.3 is 0 Å². The number of para-hydroxylation sites is 1. The van der Waals surface area contributed by atoms with Crippen molar-refractivity contribution in [1.82, 2.24) is 20.3 Å². The van der Waals surface area contributed by atoms with Crippen LogP contribution in [0.15, 0.2) is 72.8 Å². The van der Waals surface area contributed by atoms with Gasteiger partial charge < -0.3 is 15.0 Å². The summed E-state index contributed by atoms with van der Waals surface area (Å²) in [6.07, 6.45) is 0. The van der Waals surface area contributed by atoms with Gasteiger partial charge in [0.15, 0.2) is 11.7 Å². The van der Waals surface area contributed by atoms with E-state index in [1.807, 2.05) is 79.7 Å². The highest BCUT2D eigenvalue weighted by Crippen LogP contribution is 2.19. The van der Waals surface area contributed by atoms with Gasteiger partial charge in [0.1, 0.15) is 16.8 Å². The third kappa shape index (κ3) is 5.19. The number of thiocarbonyl (C=S) groups is 1. The van der Waals surface area contributed by atoms with Crippen LogP contribution in [0.1, 0.15) is 0 Å². The molecule has 0 radical (unpaired) electrons. The van der Waals surface area contributed by atoms with E-state index in [4.69, 9.17) is 17.0 Å². The third-order valence-electron chi connectivity index (χ3n) is 4.60. The summed E-state index contributed by atoms with van der Waals surface area (Å²) >= 11 is 5.24. The Hall–Kier alpha value is -3.98. The fourth-order valence-electron chi connectivity index (χ4n) is 2.98. The van der Waals surface area contributed by atoms with Crippen molar-refractivity contribution < 1.29 is 9.53 Å². The van der Waals surface area contributed by atoms with Gasteiger partial charge in [-0.05, 0) is 66.8 Å². The number of fused-ring (bicyclic) bond motifs is 1. The molecule has 1 heterocycles. The van der Waals surface area contributed by atoms with Gasteiger partial charge in [0.25, 0.3) is 5.91 Å². The molecule has 9 heteroatoms. The molecule has 0 aliphatic heterocycles. The van der Waals surface area contributed by atoms with Crippen molar-refractivity contribution in [2.24, 2.45) is 0 Å². The van der Waals surface area contributed by atoms with Crippen molar-refractivity contribution in [3.8, 4) is 11.4 Å². The number of amides is 1. The molecule has 0 unspecified atom stereocenters. The van der Waals surface area contributed by atoms with Gasteiger partial charge in [0, 0.05) is 25.5 Å². The lowest BCUT2D eigenvalue weighted by Gasteiger charge is -2.12. The first-order valence-electron chi connectivity index (χ1n) is 9.91. The number of anilines is 2. The molecule has 1 amide bonds. The summed E-state index contributed by atoms with van der Waals surface area (Å²) in [7, 11) is 3.99. The maximum Gasteiger partial charge on any atom is 0.264 e. The molecule has 0 fully saturated rings. The summed E-state index contributed by atoms with van der Waals surface area (Å²) in [5.74, 6) is 0.269. The van der Waals surface area contributed by atoms with Gasteiger partial charge in [0.2, 0.25) is 0 Å². The Morgan fingerprint density at radius 1 is 1.00 bits per heavy atom. The van der Waals surface area contributed by atoms with Gasteiger partial charge in [-0.15, -0.1) is 10.2 Å². The second kappa shape index (κ2) is 9.44. The highest BCUT2D eigenvalue weighted by Gasteiger charge is 2.09. The molecule has 0 aliphatic carbocycles. The van der Waals surface area contributed by atoms with Crippen molar-refractivity contribution in [2.75, 3.05) is 30.9 Å². The van der Waals surface area contributed by atoms with E-state index in [0.29, 0.717) is 17.0 Å². The minimum absolute atomic E-state index is 0.133. The van der Waals surface area contributed by atoms with E-state index in [-0.39, 0.29) is 17.6 Å². The van der Waals surface area contributed by atoms with E-state index in [9.17, 15) is 4.79 Å². The van der Waals surface area contributed by atoms with Crippen molar-refractivity contribution in [3.05, 3.63) is 72.8 Å². The number of ether oxygens (including phenoxy) is 1. The Balaban J connectivity index is 1.38. The minimum Gasteiger partial charge on any atom is -0.484 e. The maximum atomic E-state index is 12.1. The molecule has 0 aliphatic rings. The highest BCUT2D eigenvalue weighted by atomic mass is 32.1. The number of carbonyl (C=O) groups is 1. The van der Waals surface area contributed by atoms with Crippen molar-refractivity contribution in [3.63, 3.8) is 0 Å². The van der Waals surface area contributed by atoms with E-state index in [2.05, 4.69) is 20.8 Å². The van der Waals surface area contributed by atoms with Crippen LogP contribution in [0.3, 0.4) is 0 Å². The van der Waals surface area contributed by atoms with Gasteiger partial charge in [-0.2, -0.15) is 4.80 Å². The zero-order chi connectivity index (χ0) is 22.5. The highest BCUT2D eigenvalue weighted by molar-refractivity contribution is 7.80. The summed E-state index contributed by atoms with van der Waals surface area (Å²) in [6.45, 7) is -0.133. The number of nitrogens with zero attached hydrogens (tertiary/aromatic N) is 4. The van der Waals surface area contributed by atoms with Crippen molar-refractivity contribution >= 4 is 45.6 Å². The molecule has 0 bridgehead atoms. The Bertz CT molecular complexity index is 1240. The van der Waals surface area contributed by atoms with Crippen LogP contribution in [0.25, 0.3) is 16.7 Å². The average Bonchev–Trinajstić information content (AvgIpc) is 3.22. The molecule has 32 heavy (non-hydrogen) atoms. The second-order valence-electron chi connectivity index (χ2n) is 7.21. The van der Waals surface area contributed by atoms with E-state index in [0.717, 1.165) is 16.9 Å². The van der Waals surface area contributed by atoms with Gasteiger partial charge in [-0.1, -0.05) is 18.2 Å². The fourth-order valence-corrected chi connectivity index (χ4v) is 3.21. The average molecular weight is 447 g/mol. The summed E-state index contributed by atoms with van der Waals surface area (Å²) in [6, 6.07) is 22.6. The molecule has 3 aromatic carbocycles. The van der Waals surface area contributed by atoms with Gasteiger partial charge in [0.05, 0.1) is 5.69 Å². The molecular weight excluding hydrogens is 424 g/mol. The van der Waals surface area contributed by atoms with E-state index >= 15 is 0 Å². The van der Waals surface area contributed by atoms with Crippen LogP contribution in [0, 0.1) is 0 Å². The molecule has 0 saturated heterocycles. The van der Waals surface area contributed by atoms with Crippen LogP contribution in [0.2, 0.25) is 0 Å². The van der Waals surface area contributed by atoms with E-state index in [1.165, 1.54) is 0 Å². The largest absolute Gasteiger partial charge is 0.484 e. The molecule has 4 aromatic rings. The SMILES string of the molecule is CN(C)c1ccc(-n2nc3ccc(NC(=S)NC(=O)COc4ccccc4)cc3n2)cc1. The number of aromatic nitrogens is 3. The first-order chi connectivity index (χ1) is 15.5. The zero-order valence-corrected chi connectivity index (χ0v) is 18.5. The van der Waals surface area contributed by atoms with Gasteiger partial charge in [-0.25, -0.2) is 0 Å². The Morgan fingerprint density at radius 3 is 2.44 bits per heavy atom. The molecule has 0 saturated carbocycles. The monoisotopic (exact) mass is 446 g/mol. The number of hydrogen-bond donors (Lipinski definition) is 2. The van der Waals surface area contributed by atoms with Crippen molar-refractivity contribution in [2.45, 2.75) is 0 Å². The predicted octanol–water partition coefficient (Wildman–Crippen LogP) is 3.38. The summed E-state index contributed by atoms with van der Waals surface area (Å²) in [5.41, 5.74) is 4.11. The topological polar surface area (TPSA) is 84.3 Å². The Morgan fingerprint density at radius 2 is 1.72 bits per heavy atom. The molecule has 162 valence electrons. The van der Waals surface area contributed by atoms with Gasteiger partial charge in [-0.3, -0.25) is 10.1 Å². The smallest absolute Gasteiger partial charge is 0.264 e. The molecule has 2 N–H and O–H groups in total. The maximum absolute atomic E-state index is 12.1. The zero-order valence-electron chi connectivity index (χ0n) is 17.6. The number of benzene rings is 3. The lowest BCUT2D eigenvalue weighted by molar-refractivity contribution is -0.121. The normalized spacial score (nSPS) is 10.6. The Labute approximate surface area is 190 Å². The van der Waals surface area contributed by atoms with Crippen LogP contribution >= 0.6 is 12.2 Å². The van der Waals surface area contributed by atoms with Crippen LogP contribution in [-0.2, 0) is 4.79 Å². The summed E-state index contributed by atoms with van der Waals surface area (Å²) in [5, 5.41) is 14.9. The summed E-state index contributed by atoms with van der Waals surface area (Å²) in [4.78, 5) is 15.7. The van der Waals surface area contributed by atoms with Crippen LogP contribution in [0.5, 0.6) is 5.75 Å². The molecule has 8 nitrogen and oxygen atoms in total. The lowest BCUT2D eigenvalue weighted by Crippen LogP contribution is -2.37. The number of nitrogens with one attached hydrogen (secondary N) is 2. The second-order valence-corrected chi connectivity index (χ2v) is 7.62. The van der Waals surface area contributed by atoms with Crippen molar-refractivity contribution in [1.29, 1.82) is 0 Å². The number of rotatable bonds is 6. The fraction of sp³-hybridized carbons (Fsp3) is 0.130. The number of carbonyl (C=O) groups excluding carboxylic acids is 1.